The van der Waals surface area contributed by atoms with Gasteiger partial charge < -0.3 is 56.9 Å². The van der Waals surface area contributed by atoms with Gasteiger partial charge in [-0.2, -0.15) is 0 Å². The lowest BCUT2D eigenvalue weighted by atomic mass is 9.94. The number of likely N-dealkylation sites (N-methyl/N-ethyl adjacent to an activating group) is 1. The molecule has 0 radical (unpaired) electrons. The Kier molecular flexibility index (Phi) is 23.5. The van der Waals surface area contributed by atoms with Gasteiger partial charge in [0.1, 0.15) is 41.7 Å². The molecule has 20 heteroatoms. The summed E-state index contributed by atoms with van der Waals surface area (Å²) < 4.78 is 5.83. The summed E-state index contributed by atoms with van der Waals surface area (Å²) in [5, 5.41) is 45.7. The molecule has 0 aromatic heterocycles. The van der Waals surface area contributed by atoms with Crippen molar-refractivity contribution in [2.75, 3.05) is 14.2 Å². The summed E-state index contributed by atoms with van der Waals surface area (Å²) in [6, 6.07) is 7.12. The van der Waals surface area contributed by atoms with Crippen LogP contribution in [0, 0.1) is 23.7 Å². The molecule has 1 heterocycles. The number of aliphatic carboxylic acids is 2. The smallest absolute Gasteiger partial charge is 0.327 e. The van der Waals surface area contributed by atoms with Crippen LogP contribution in [0.4, 0.5) is 0 Å². The number of methoxy groups -OCH3 is 1. The maximum absolute atomic E-state index is 14.6. The monoisotopic (exact) mass is 1020 g/mol. The lowest BCUT2D eigenvalue weighted by Gasteiger charge is -2.28. The molecule has 73 heavy (non-hydrogen) atoms. The van der Waals surface area contributed by atoms with Gasteiger partial charge in [0.15, 0.2) is 0 Å². The zero-order chi connectivity index (χ0) is 54.7. The summed E-state index contributed by atoms with van der Waals surface area (Å²) in [6.07, 6.45) is 4.73. The van der Waals surface area contributed by atoms with Crippen molar-refractivity contribution in [2.24, 2.45) is 23.7 Å². The lowest BCUT2D eigenvalue weighted by Crippen LogP contribution is -2.59. The number of nitrogens with one attached hydrogen (secondary N) is 6. The Morgan fingerprint density at radius 3 is 1.96 bits per heavy atom. The summed E-state index contributed by atoms with van der Waals surface area (Å²) in [5.74, 6) is -12.3. The van der Waals surface area contributed by atoms with Gasteiger partial charge in [-0.25, -0.2) is 9.59 Å². The van der Waals surface area contributed by atoms with Crippen LogP contribution in [0.25, 0.3) is 0 Å². The molecule has 20 nitrogen and oxygen atoms in total. The number of phenols is 1. The number of aryl methyl sites for hydroxylation is 1. The van der Waals surface area contributed by atoms with Crippen molar-refractivity contribution in [3.8, 4) is 5.75 Å². The van der Waals surface area contributed by atoms with Crippen LogP contribution in [0.2, 0.25) is 0 Å². The van der Waals surface area contributed by atoms with Gasteiger partial charge in [-0.15, -0.1) is 0 Å². The molecule has 2 aromatic carbocycles. The molecule has 3 rings (SSSR count). The maximum atomic E-state index is 14.6. The van der Waals surface area contributed by atoms with Crippen molar-refractivity contribution >= 4 is 53.3 Å². The summed E-state index contributed by atoms with van der Waals surface area (Å²) >= 11 is 0. The number of carbonyl (C=O) groups is 9. The molecule has 398 valence electrons. The van der Waals surface area contributed by atoms with Crippen LogP contribution in [0.1, 0.15) is 85.3 Å². The van der Waals surface area contributed by atoms with Gasteiger partial charge >= 0.3 is 11.9 Å². The van der Waals surface area contributed by atoms with Crippen molar-refractivity contribution < 1.29 is 63.2 Å². The van der Waals surface area contributed by atoms with E-state index >= 15 is 0 Å². The number of carboxylic acids is 2. The normalized spacial score (nSPS) is 25.0. The fourth-order valence-corrected chi connectivity index (χ4v) is 7.93. The molecule has 0 spiro atoms. The van der Waals surface area contributed by atoms with Crippen LogP contribution >= 0.6 is 0 Å². The predicted molar refractivity (Wildman–Crippen MR) is 271 cm³/mol. The average molecular weight is 1020 g/mol. The van der Waals surface area contributed by atoms with Crippen molar-refractivity contribution in [3.05, 3.63) is 102 Å². The number of allylic oxidation sites excluding steroid dienone is 2. The van der Waals surface area contributed by atoms with Crippen molar-refractivity contribution in [2.45, 2.75) is 129 Å². The predicted octanol–water partition coefficient (Wildman–Crippen LogP) is 2.90. The Bertz CT molecular complexity index is 2350. The summed E-state index contributed by atoms with van der Waals surface area (Å²) in [6.45, 7) is 14.9. The van der Waals surface area contributed by atoms with E-state index in [0.29, 0.717) is 17.6 Å². The van der Waals surface area contributed by atoms with Gasteiger partial charge in [0, 0.05) is 26.5 Å². The van der Waals surface area contributed by atoms with Crippen LogP contribution in [-0.4, -0.2) is 130 Å². The number of carbonyl (C=O) groups excluding carboxylic acids is 7. The number of rotatable bonds is 14. The second-order valence-electron chi connectivity index (χ2n) is 19.0. The van der Waals surface area contributed by atoms with Gasteiger partial charge in [0.2, 0.25) is 35.4 Å². The third-order valence-electron chi connectivity index (χ3n) is 12.7. The highest BCUT2D eigenvalue weighted by Gasteiger charge is 2.37. The lowest BCUT2D eigenvalue weighted by molar-refractivity contribution is -0.146. The van der Waals surface area contributed by atoms with Gasteiger partial charge in [-0.1, -0.05) is 107 Å². The zero-order valence-electron chi connectivity index (χ0n) is 43.1. The molecule has 1 aliphatic rings. The maximum Gasteiger partial charge on any atom is 0.327 e. The van der Waals surface area contributed by atoms with E-state index in [-0.39, 0.29) is 43.0 Å². The van der Waals surface area contributed by atoms with Crippen molar-refractivity contribution in [3.63, 3.8) is 0 Å². The van der Waals surface area contributed by atoms with Crippen LogP contribution in [0.3, 0.4) is 0 Å². The molecule has 0 bridgehead atoms. The van der Waals surface area contributed by atoms with Crippen molar-refractivity contribution in [1.29, 1.82) is 0 Å². The van der Waals surface area contributed by atoms with Gasteiger partial charge in [0.05, 0.1) is 24.0 Å². The Morgan fingerprint density at radius 2 is 1.37 bits per heavy atom. The van der Waals surface area contributed by atoms with Gasteiger partial charge in [0.25, 0.3) is 5.91 Å². The first-order valence-electron chi connectivity index (χ1n) is 24.3. The Balaban J connectivity index is 2.15. The highest BCUT2D eigenvalue weighted by atomic mass is 16.5. The first kappa shape index (κ1) is 60.0. The number of carboxylic acid groups (broad SMARTS) is 2. The highest BCUT2D eigenvalue weighted by molar-refractivity contribution is 6.00. The van der Waals surface area contributed by atoms with E-state index in [1.807, 2.05) is 50.3 Å². The fourth-order valence-electron chi connectivity index (χ4n) is 7.93. The number of aromatic hydroxyl groups is 1. The van der Waals surface area contributed by atoms with Gasteiger partial charge in [-0.05, 0) is 75.1 Å². The molecule has 7 amide bonds. The average Bonchev–Trinajstić information content (AvgIpc) is 3.34. The fraction of sp³-hybridized carbons (Fsp3) is 0.491. The molecule has 0 aliphatic carbocycles. The molecule has 2 aromatic rings. The molecule has 1 aliphatic heterocycles. The van der Waals surface area contributed by atoms with E-state index in [1.54, 1.807) is 45.2 Å². The number of hydrogen-bond acceptors (Lipinski definition) is 11. The topological polar surface area (TPSA) is 299 Å². The Morgan fingerprint density at radius 1 is 0.767 bits per heavy atom. The standard InChI is InChI=1S/C53H73N7O13/c1-29(2)26-42-51(68)59-45(53(71)72)33(6)47(64)56-40(23-19-36-17-20-38(61)21-18-36)50(67)55-39(22-16-30(3)27-31(4)43(73-10)28-37-14-12-11-13-15-37)32(5)46(63)57-41(52(69)70)24-25-44(62)60(9)35(8)49(66)54-34(7)48(65)58-42/h11-18,20-22,27,29,31-34,39-43,45,61H,8,19,23-26,28H2,1-7,9-10H3,(H,54,66)(H,55,67)(H,56,64)(H,57,63)(H,58,65)(H,59,68)(H,69,70)(H,71,72). The third kappa shape index (κ3) is 19.0. The second-order valence-corrected chi connectivity index (χ2v) is 19.0. The summed E-state index contributed by atoms with van der Waals surface area (Å²) in [4.78, 5) is 123. The van der Waals surface area contributed by atoms with E-state index in [4.69, 9.17) is 4.74 Å². The number of benzene rings is 2. The molecule has 10 unspecified atom stereocenters. The molecular formula is C53H73N7O13. The Labute approximate surface area is 426 Å². The third-order valence-corrected chi connectivity index (χ3v) is 12.7. The van der Waals surface area contributed by atoms with Gasteiger partial charge in [-0.3, -0.25) is 33.6 Å². The largest absolute Gasteiger partial charge is 0.508 e. The molecule has 1 fully saturated rings. The van der Waals surface area contributed by atoms with Crippen molar-refractivity contribution in [1.82, 2.24) is 36.8 Å². The van der Waals surface area contributed by atoms with Crippen LogP contribution in [0.5, 0.6) is 5.75 Å². The van der Waals surface area contributed by atoms with E-state index in [9.17, 15) is 58.5 Å². The quantitative estimate of drug-likeness (QED) is 0.0973. The molecule has 9 N–H and O–H groups in total. The molecule has 1 saturated heterocycles. The number of hydrogen-bond donors (Lipinski definition) is 9. The second kappa shape index (κ2) is 28.6. The number of amides is 7. The first-order valence-corrected chi connectivity index (χ1v) is 24.3. The van der Waals surface area contributed by atoms with E-state index in [2.05, 4.69) is 38.5 Å². The summed E-state index contributed by atoms with van der Waals surface area (Å²) in [5.41, 5.74) is 2.03. The minimum absolute atomic E-state index is 0.00756. The number of nitrogens with zero attached hydrogens (tertiary/aromatic N) is 1. The van der Waals surface area contributed by atoms with Crippen LogP contribution in [-0.2, 0) is 60.7 Å². The number of phenolic OH excluding ortho intramolecular Hbond substituents is 1. The molecular weight excluding hydrogens is 943 g/mol. The first-order chi connectivity index (χ1) is 34.3. The Hall–Kier alpha value is -7.35. The summed E-state index contributed by atoms with van der Waals surface area (Å²) in [7, 11) is 2.83. The van der Waals surface area contributed by atoms with Crippen LogP contribution < -0.4 is 31.9 Å². The van der Waals surface area contributed by atoms with E-state index in [1.165, 1.54) is 40.0 Å². The van der Waals surface area contributed by atoms with E-state index < -0.39 is 120 Å². The minimum atomic E-state index is -1.88. The zero-order valence-corrected chi connectivity index (χ0v) is 43.1. The highest BCUT2D eigenvalue weighted by Crippen LogP contribution is 2.20. The SMILES string of the molecule is C=C1C(=O)NC(C)C(=O)NC(CC(C)C)C(=O)NC(C(=O)O)C(C)C(=O)NC(CCc2ccc(O)cc2)C(=O)NC(C=CC(C)=CC(C)C(Cc2ccccc2)OC)C(C)C(=O)NC(C(=O)O)CCC(=O)N1C. The molecule has 0 saturated carbocycles. The molecule has 10 atom stereocenters. The van der Waals surface area contributed by atoms with E-state index in [0.717, 1.165) is 10.5 Å². The minimum Gasteiger partial charge on any atom is -0.508 e. The number of ether oxygens (including phenoxy) is 1. The van der Waals surface area contributed by atoms with Crippen LogP contribution in [0.15, 0.2) is 90.7 Å².